The Labute approximate surface area is 176 Å². The third-order valence-corrected chi connectivity index (χ3v) is 6.19. The number of fused-ring (bicyclic) bond motifs is 1. The van der Waals surface area contributed by atoms with E-state index < -0.39 is 5.95 Å². The van der Waals surface area contributed by atoms with Gasteiger partial charge in [0, 0.05) is 48.6 Å². The van der Waals surface area contributed by atoms with Crippen molar-refractivity contribution in [2.24, 2.45) is 5.41 Å². The van der Waals surface area contributed by atoms with Crippen LogP contribution in [0.25, 0.3) is 11.3 Å². The summed E-state index contributed by atoms with van der Waals surface area (Å²) in [6.07, 6.45) is 4.60. The molecule has 3 heterocycles. The first-order chi connectivity index (χ1) is 14.3. The summed E-state index contributed by atoms with van der Waals surface area (Å²) >= 11 is 0. The van der Waals surface area contributed by atoms with Gasteiger partial charge in [-0.25, -0.2) is 9.78 Å². The molecule has 2 aromatic rings. The van der Waals surface area contributed by atoms with Gasteiger partial charge in [-0.15, -0.1) is 0 Å². The van der Waals surface area contributed by atoms with Gasteiger partial charge in [0.2, 0.25) is 5.95 Å². The fourth-order valence-electron chi connectivity index (χ4n) is 4.49. The molecular formula is C22H31FN6O. The molecule has 0 saturated carbocycles. The van der Waals surface area contributed by atoms with E-state index >= 15 is 0 Å². The van der Waals surface area contributed by atoms with Crippen LogP contribution in [0.2, 0.25) is 0 Å². The smallest absolute Gasteiger partial charge is 0.317 e. The molecule has 0 radical (unpaired) electrons. The van der Waals surface area contributed by atoms with Gasteiger partial charge in [-0.3, -0.25) is 5.10 Å². The standard InChI is InChI=1S/C22H31FN6O/c1-4-24-21(30)29-9-6-15(7-10-29)25-19-12-14(11-18(23)26-19)20-16-5-8-22(2,3)13-17(16)27-28-20/h11-12,15H,4-10,13H2,1-3H3,(H,24,30)(H,25,26)(H,27,28). The number of H-pyrrole nitrogens is 1. The molecule has 8 heteroatoms. The molecule has 0 aromatic carbocycles. The van der Waals surface area contributed by atoms with Crippen molar-refractivity contribution >= 4 is 11.8 Å². The number of nitrogens with one attached hydrogen (secondary N) is 3. The highest BCUT2D eigenvalue weighted by Gasteiger charge is 2.29. The highest BCUT2D eigenvalue weighted by Crippen LogP contribution is 2.38. The lowest BCUT2D eigenvalue weighted by Crippen LogP contribution is -2.46. The van der Waals surface area contributed by atoms with E-state index in [0.29, 0.717) is 25.5 Å². The third-order valence-electron chi connectivity index (χ3n) is 6.19. The zero-order chi connectivity index (χ0) is 21.3. The minimum Gasteiger partial charge on any atom is -0.367 e. The Morgan fingerprint density at radius 1 is 1.33 bits per heavy atom. The number of urea groups is 1. The van der Waals surface area contributed by atoms with Gasteiger partial charge in [-0.2, -0.15) is 9.49 Å². The zero-order valence-corrected chi connectivity index (χ0v) is 18.0. The zero-order valence-electron chi connectivity index (χ0n) is 18.0. The van der Waals surface area contributed by atoms with Crippen LogP contribution in [-0.4, -0.2) is 51.8 Å². The lowest BCUT2D eigenvalue weighted by atomic mass is 9.76. The number of halogens is 1. The van der Waals surface area contributed by atoms with Gasteiger partial charge in [0.15, 0.2) is 0 Å². The van der Waals surface area contributed by atoms with E-state index in [1.54, 1.807) is 0 Å². The fraction of sp³-hybridized carbons (Fsp3) is 0.591. The number of hydrogen-bond donors (Lipinski definition) is 3. The van der Waals surface area contributed by atoms with Gasteiger partial charge in [-0.05, 0) is 50.5 Å². The van der Waals surface area contributed by atoms with Crippen molar-refractivity contribution in [1.82, 2.24) is 25.4 Å². The summed E-state index contributed by atoms with van der Waals surface area (Å²) in [5.74, 6) is 0.0111. The van der Waals surface area contributed by atoms with Crippen LogP contribution in [0.3, 0.4) is 0 Å². The first kappa shape index (κ1) is 20.6. The summed E-state index contributed by atoms with van der Waals surface area (Å²) in [6, 6.07) is 3.48. The lowest BCUT2D eigenvalue weighted by Gasteiger charge is -2.32. The van der Waals surface area contributed by atoms with Gasteiger partial charge < -0.3 is 15.5 Å². The Hall–Kier alpha value is -2.64. The van der Waals surface area contributed by atoms with Gasteiger partial charge in [0.1, 0.15) is 5.82 Å². The number of anilines is 1. The molecule has 1 aliphatic carbocycles. The van der Waals surface area contributed by atoms with Gasteiger partial charge in [0.25, 0.3) is 0 Å². The van der Waals surface area contributed by atoms with Crippen molar-refractivity contribution < 1.29 is 9.18 Å². The van der Waals surface area contributed by atoms with Crippen LogP contribution in [0.15, 0.2) is 12.1 Å². The summed E-state index contributed by atoms with van der Waals surface area (Å²) in [5, 5.41) is 13.9. The van der Waals surface area contributed by atoms with Crippen LogP contribution in [0, 0.1) is 11.4 Å². The summed E-state index contributed by atoms with van der Waals surface area (Å²) < 4.78 is 14.3. The molecule has 2 amide bonds. The van der Waals surface area contributed by atoms with Crippen LogP contribution in [0.5, 0.6) is 0 Å². The van der Waals surface area contributed by atoms with Crippen molar-refractivity contribution in [1.29, 1.82) is 0 Å². The number of hydrogen-bond acceptors (Lipinski definition) is 4. The molecular weight excluding hydrogens is 383 g/mol. The molecule has 3 N–H and O–H groups in total. The number of pyridine rings is 1. The third kappa shape index (κ3) is 4.42. The minimum atomic E-state index is -0.511. The van der Waals surface area contributed by atoms with Gasteiger partial charge in [-0.1, -0.05) is 13.8 Å². The SMILES string of the molecule is CCNC(=O)N1CCC(Nc2cc(-c3n[nH]c4c3CCC(C)(C)C4)cc(F)n2)CC1. The topological polar surface area (TPSA) is 85.9 Å². The minimum absolute atomic E-state index is 0.0198. The molecule has 30 heavy (non-hydrogen) atoms. The summed E-state index contributed by atoms with van der Waals surface area (Å²) in [5.41, 5.74) is 4.19. The number of nitrogens with zero attached hydrogens (tertiary/aromatic N) is 3. The second-order valence-corrected chi connectivity index (χ2v) is 9.18. The number of amides is 2. The summed E-state index contributed by atoms with van der Waals surface area (Å²) in [7, 11) is 0. The van der Waals surface area contributed by atoms with Crippen molar-refractivity contribution in [3.63, 3.8) is 0 Å². The van der Waals surface area contributed by atoms with Crippen LogP contribution in [0.4, 0.5) is 15.0 Å². The molecule has 1 aliphatic heterocycles. The predicted octanol–water partition coefficient (Wildman–Crippen LogP) is 3.73. The quantitative estimate of drug-likeness (QED) is 0.666. The maximum atomic E-state index is 14.3. The lowest BCUT2D eigenvalue weighted by molar-refractivity contribution is 0.184. The predicted molar refractivity (Wildman–Crippen MR) is 115 cm³/mol. The van der Waals surface area contributed by atoms with E-state index in [4.69, 9.17) is 0 Å². The van der Waals surface area contributed by atoms with E-state index in [-0.39, 0.29) is 17.5 Å². The molecule has 1 fully saturated rings. The molecule has 4 rings (SSSR count). The fourth-order valence-corrected chi connectivity index (χ4v) is 4.49. The monoisotopic (exact) mass is 414 g/mol. The van der Waals surface area contributed by atoms with Crippen LogP contribution < -0.4 is 10.6 Å². The molecule has 0 atom stereocenters. The Morgan fingerprint density at radius 3 is 2.83 bits per heavy atom. The number of piperidine rings is 1. The maximum absolute atomic E-state index is 14.3. The van der Waals surface area contributed by atoms with Crippen molar-refractivity contribution in [3.8, 4) is 11.3 Å². The molecule has 0 unspecified atom stereocenters. The summed E-state index contributed by atoms with van der Waals surface area (Å²) in [4.78, 5) is 17.8. The van der Waals surface area contributed by atoms with E-state index in [1.807, 2.05) is 17.9 Å². The van der Waals surface area contributed by atoms with Crippen molar-refractivity contribution in [2.75, 3.05) is 25.0 Å². The van der Waals surface area contributed by atoms with Gasteiger partial charge in [0.05, 0.1) is 5.69 Å². The molecule has 7 nitrogen and oxygen atoms in total. The molecule has 0 spiro atoms. The molecule has 162 valence electrons. The molecule has 0 bridgehead atoms. The highest BCUT2D eigenvalue weighted by atomic mass is 19.1. The van der Waals surface area contributed by atoms with Crippen molar-refractivity contribution in [2.45, 2.75) is 58.9 Å². The van der Waals surface area contributed by atoms with Crippen molar-refractivity contribution in [3.05, 3.63) is 29.3 Å². The van der Waals surface area contributed by atoms with Crippen LogP contribution in [-0.2, 0) is 12.8 Å². The average Bonchev–Trinajstić information content (AvgIpc) is 3.10. The Kier molecular flexibility index (Phi) is 5.66. The van der Waals surface area contributed by atoms with Crippen LogP contribution >= 0.6 is 0 Å². The Morgan fingerprint density at radius 2 is 2.10 bits per heavy atom. The second kappa shape index (κ2) is 8.24. The van der Waals surface area contributed by atoms with Gasteiger partial charge >= 0.3 is 6.03 Å². The van der Waals surface area contributed by atoms with E-state index in [0.717, 1.165) is 49.1 Å². The molecule has 1 saturated heterocycles. The Bertz CT molecular complexity index is 916. The van der Waals surface area contributed by atoms with E-state index in [2.05, 4.69) is 39.7 Å². The van der Waals surface area contributed by atoms with E-state index in [9.17, 15) is 9.18 Å². The number of carbonyl (C=O) groups is 1. The second-order valence-electron chi connectivity index (χ2n) is 9.18. The Balaban J connectivity index is 1.46. The average molecular weight is 415 g/mol. The number of aromatic amines is 1. The maximum Gasteiger partial charge on any atom is 0.317 e. The molecule has 2 aromatic heterocycles. The normalized spacial score (nSPS) is 18.7. The number of carbonyl (C=O) groups excluding carboxylic acids is 1. The van der Waals surface area contributed by atoms with Crippen LogP contribution in [0.1, 0.15) is 51.3 Å². The first-order valence-corrected chi connectivity index (χ1v) is 10.9. The number of rotatable bonds is 4. The largest absolute Gasteiger partial charge is 0.367 e. The first-order valence-electron chi connectivity index (χ1n) is 10.9. The number of likely N-dealkylation sites (tertiary alicyclic amines) is 1. The highest BCUT2D eigenvalue weighted by molar-refractivity contribution is 5.74. The number of aromatic nitrogens is 3. The molecule has 2 aliphatic rings. The summed E-state index contributed by atoms with van der Waals surface area (Å²) in [6.45, 7) is 8.42. The van der Waals surface area contributed by atoms with E-state index in [1.165, 1.54) is 11.6 Å².